The van der Waals surface area contributed by atoms with Crippen LogP contribution in [0.1, 0.15) is 44.1 Å². The van der Waals surface area contributed by atoms with Gasteiger partial charge in [-0.25, -0.2) is 0 Å². The van der Waals surface area contributed by atoms with Crippen LogP contribution in [0, 0.1) is 0 Å². The van der Waals surface area contributed by atoms with Crippen molar-refractivity contribution in [2.45, 2.75) is 56.6 Å². The molecule has 0 aromatic carbocycles. The lowest BCUT2D eigenvalue weighted by molar-refractivity contribution is -0.0430. The lowest BCUT2D eigenvalue weighted by atomic mass is 9.83. The fourth-order valence-electron chi connectivity index (χ4n) is 3.01. The van der Waals surface area contributed by atoms with E-state index < -0.39 is 0 Å². The summed E-state index contributed by atoms with van der Waals surface area (Å²) in [6.45, 7) is 0. The minimum atomic E-state index is -0.133. The molecule has 0 spiro atoms. The molecule has 0 bridgehead atoms. The minimum Gasteiger partial charge on any atom is -0.377 e. The summed E-state index contributed by atoms with van der Waals surface area (Å²) in [5.74, 6) is 0. The predicted molar refractivity (Wildman–Crippen MR) is 73.4 cm³/mol. The average Bonchev–Trinajstić information content (AvgIpc) is 2.66. The second-order valence-electron chi connectivity index (χ2n) is 5.36. The summed E-state index contributed by atoms with van der Waals surface area (Å²) in [6.07, 6.45) is 11.8. The number of aromatic nitrogens is 1. The lowest BCUT2D eigenvalue weighted by Crippen LogP contribution is -2.50. The fraction of sp³-hybridized carbons (Fsp3) is 0.667. The van der Waals surface area contributed by atoms with Crippen LogP contribution in [-0.4, -0.2) is 23.7 Å². The first-order valence-electron chi connectivity index (χ1n) is 6.96. The molecule has 1 saturated carbocycles. The van der Waals surface area contributed by atoms with E-state index in [4.69, 9.17) is 10.5 Å². The molecular formula is C15H24N2O. The van der Waals surface area contributed by atoms with Gasteiger partial charge in [0, 0.05) is 25.5 Å². The van der Waals surface area contributed by atoms with Gasteiger partial charge in [-0.05, 0) is 30.9 Å². The van der Waals surface area contributed by atoms with Gasteiger partial charge in [-0.3, -0.25) is 4.98 Å². The smallest absolute Gasteiger partial charge is 0.0832 e. The highest BCUT2D eigenvalue weighted by atomic mass is 16.5. The third kappa shape index (κ3) is 3.09. The maximum absolute atomic E-state index is 6.44. The highest BCUT2D eigenvalue weighted by Crippen LogP contribution is 2.33. The second kappa shape index (κ2) is 6.30. The molecule has 0 aliphatic heterocycles. The van der Waals surface area contributed by atoms with E-state index in [0.29, 0.717) is 0 Å². The van der Waals surface area contributed by atoms with Gasteiger partial charge in [0.05, 0.1) is 5.60 Å². The zero-order valence-corrected chi connectivity index (χ0v) is 11.3. The largest absolute Gasteiger partial charge is 0.377 e. The van der Waals surface area contributed by atoms with Crippen LogP contribution in [0.4, 0.5) is 0 Å². The van der Waals surface area contributed by atoms with E-state index in [1.807, 2.05) is 19.4 Å². The van der Waals surface area contributed by atoms with Gasteiger partial charge < -0.3 is 10.5 Å². The van der Waals surface area contributed by atoms with E-state index in [-0.39, 0.29) is 11.6 Å². The Bertz CT molecular complexity index is 345. The third-order valence-corrected chi connectivity index (χ3v) is 4.21. The molecule has 0 saturated heterocycles. The van der Waals surface area contributed by atoms with Gasteiger partial charge in [-0.1, -0.05) is 31.7 Å². The van der Waals surface area contributed by atoms with Crippen molar-refractivity contribution in [3.63, 3.8) is 0 Å². The van der Waals surface area contributed by atoms with Crippen molar-refractivity contribution in [3.05, 3.63) is 30.1 Å². The van der Waals surface area contributed by atoms with E-state index >= 15 is 0 Å². The zero-order valence-electron chi connectivity index (χ0n) is 11.3. The van der Waals surface area contributed by atoms with E-state index in [1.54, 1.807) is 6.20 Å². The van der Waals surface area contributed by atoms with Crippen LogP contribution >= 0.6 is 0 Å². The van der Waals surface area contributed by atoms with Crippen molar-refractivity contribution in [2.24, 2.45) is 5.73 Å². The quantitative estimate of drug-likeness (QED) is 0.833. The molecule has 1 aromatic rings. The molecule has 1 unspecified atom stereocenters. The van der Waals surface area contributed by atoms with E-state index in [0.717, 1.165) is 19.3 Å². The van der Waals surface area contributed by atoms with Crippen molar-refractivity contribution in [3.8, 4) is 0 Å². The van der Waals surface area contributed by atoms with Gasteiger partial charge in [-0.2, -0.15) is 0 Å². The van der Waals surface area contributed by atoms with Crippen molar-refractivity contribution in [2.75, 3.05) is 7.11 Å². The maximum Gasteiger partial charge on any atom is 0.0832 e. The van der Waals surface area contributed by atoms with Gasteiger partial charge >= 0.3 is 0 Å². The number of nitrogens with zero attached hydrogens (tertiary/aromatic N) is 1. The van der Waals surface area contributed by atoms with Crippen LogP contribution in [0.3, 0.4) is 0 Å². The highest BCUT2D eigenvalue weighted by molar-refractivity contribution is 5.12. The number of ether oxygens (including phenoxy) is 1. The minimum absolute atomic E-state index is 0.0600. The molecule has 3 nitrogen and oxygen atoms in total. The summed E-state index contributed by atoms with van der Waals surface area (Å²) in [5, 5.41) is 0. The van der Waals surface area contributed by atoms with Crippen LogP contribution in [-0.2, 0) is 11.2 Å². The normalized spacial score (nSPS) is 21.2. The number of hydrogen-bond donors (Lipinski definition) is 1. The molecule has 1 atom stereocenters. The second-order valence-corrected chi connectivity index (χ2v) is 5.36. The average molecular weight is 248 g/mol. The molecule has 18 heavy (non-hydrogen) atoms. The summed E-state index contributed by atoms with van der Waals surface area (Å²) >= 11 is 0. The lowest BCUT2D eigenvalue weighted by Gasteiger charge is -2.37. The Kier molecular flexibility index (Phi) is 4.72. The number of nitrogens with two attached hydrogens (primary N) is 1. The summed E-state index contributed by atoms with van der Waals surface area (Å²) < 4.78 is 5.85. The molecule has 3 heteroatoms. The molecule has 100 valence electrons. The molecule has 1 fully saturated rings. The Morgan fingerprint density at radius 2 is 2.06 bits per heavy atom. The Morgan fingerprint density at radius 3 is 2.61 bits per heavy atom. The number of pyridine rings is 1. The number of rotatable bonds is 4. The first-order valence-corrected chi connectivity index (χ1v) is 6.96. The van der Waals surface area contributed by atoms with Crippen LogP contribution in [0.2, 0.25) is 0 Å². The molecule has 0 radical (unpaired) electrons. The molecule has 1 aliphatic rings. The third-order valence-electron chi connectivity index (χ3n) is 4.21. The Hall–Kier alpha value is -0.930. The van der Waals surface area contributed by atoms with Crippen molar-refractivity contribution < 1.29 is 4.74 Å². The Balaban J connectivity index is 2.06. The predicted octanol–water partition coefficient (Wildman–Crippen LogP) is 2.69. The first kappa shape index (κ1) is 13.5. The monoisotopic (exact) mass is 248 g/mol. The summed E-state index contributed by atoms with van der Waals surface area (Å²) in [6, 6.07) is 4.12. The van der Waals surface area contributed by atoms with Gasteiger partial charge in [-0.15, -0.1) is 0 Å². The van der Waals surface area contributed by atoms with Crippen LogP contribution in [0.5, 0.6) is 0 Å². The maximum atomic E-state index is 6.44. The van der Waals surface area contributed by atoms with Crippen LogP contribution in [0.15, 0.2) is 24.5 Å². The molecule has 1 aliphatic carbocycles. The van der Waals surface area contributed by atoms with Gasteiger partial charge in [0.25, 0.3) is 0 Å². The Morgan fingerprint density at radius 1 is 1.33 bits per heavy atom. The topological polar surface area (TPSA) is 48.1 Å². The van der Waals surface area contributed by atoms with Crippen LogP contribution < -0.4 is 5.73 Å². The van der Waals surface area contributed by atoms with Gasteiger partial charge in [0.15, 0.2) is 0 Å². The van der Waals surface area contributed by atoms with E-state index in [9.17, 15) is 0 Å². The first-order chi connectivity index (χ1) is 8.77. The molecule has 2 N–H and O–H groups in total. The van der Waals surface area contributed by atoms with Crippen molar-refractivity contribution in [1.29, 1.82) is 0 Å². The van der Waals surface area contributed by atoms with Crippen LogP contribution in [0.25, 0.3) is 0 Å². The highest BCUT2D eigenvalue weighted by Gasteiger charge is 2.36. The summed E-state index contributed by atoms with van der Waals surface area (Å²) in [5.41, 5.74) is 7.51. The van der Waals surface area contributed by atoms with E-state index in [2.05, 4.69) is 11.1 Å². The van der Waals surface area contributed by atoms with Gasteiger partial charge in [0.1, 0.15) is 0 Å². The number of hydrogen-bond acceptors (Lipinski definition) is 3. The molecule has 1 heterocycles. The Labute approximate surface area is 110 Å². The fourth-order valence-corrected chi connectivity index (χ4v) is 3.01. The van der Waals surface area contributed by atoms with E-state index in [1.165, 1.54) is 31.2 Å². The van der Waals surface area contributed by atoms with Gasteiger partial charge in [0.2, 0.25) is 0 Å². The molecule has 1 aromatic heterocycles. The van der Waals surface area contributed by atoms with Crippen molar-refractivity contribution >= 4 is 0 Å². The SMILES string of the molecule is COC1(C(N)Cc2cccnc2)CCCCCC1. The molecule has 0 amide bonds. The summed E-state index contributed by atoms with van der Waals surface area (Å²) in [7, 11) is 1.81. The zero-order chi connectivity index (χ0) is 12.8. The van der Waals surface area contributed by atoms with Crippen molar-refractivity contribution in [1.82, 2.24) is 4.98 Å². The molecule has 2 rings (SSSR count). The standard InChI is InChI=1S/C15H24N2O/c1-18-15(8-4-2-3-5-9-15)14(16)11-13-7-6-10-17-12-13/h6-7,10,12,14H,2-5,8-9,11,16H2,1H3. The summed E-state index contributed by atoms with van der Waals surface area (Å²) in [4.78, 5) is 4.15. The number of methoxy groups -OCH3 is 1. The molecular weight excluding hydrogens is 224 g/mol.